The van der Waals surface area contributed by atoms with E-state index in [4.69, 9.17) is 0 Å². The molecule has 0 radical (unpaired) electrons. The van der Waals surface area contributed by atoms with Gasteiger partial charge in [-0.25, -0.2) is 4.68 Å². The predicted octanol–water partition coefficient (Wildman–Crippen LogP) is 4.21. The number of nitrogens with one attached hydrogen (secondary N) is 1. The molecule has 0 bridgehead atoms. The SMILES string of the molecule is CC1(NC(=O)c2cccc(-n3nccc3-c3ccccc3)c2)CCC1. The molecule has 0 atom stereocenters. The first-order chi connectivity index (χ1) is 12.1. The quantitative estimate of drug-likeness (QED) is 0.778. The van der Waals surface area contributed by atoms with Crippen molar-refractivity contribution in [3.8, 4) is 16.9 Å². The van der Waals surface area contributed by atoms with Gasteiger partial charge in [-0.3, -0.25) is 4.79 Å². The number of nitrogens with zero attached hydrogens (tertiary/aromatic N) is 2. The van der Waals surface area contributed by atoms with Gasteiger partial charge < -0.3 is 5.32 Å². The van der Waals surface area contributed by atoms with Crippen LogP contribution >= 0.6 is 0 Å². The first-order valence-electron chi connectivity index (χ1n) is 8.67. The number of amides is 1. The third-order valence-electron chi connectivity index (χ3n) is 4.94. The summed E-state index contributed by atoms with van der Waals surface area (Å²) in [5.74, 6) is -0.0162. The van der Waals surface area contributed by atoms with Crippen molar-refractivity contribution in [2.45, 2.75) is 31.7 Å². The Balaban J connectivity index is 1.64. The van der Waals surface area contributed by atoms with Crippen molar-refractivity contribution in [3.63, 3.8) is 0 Å². The van der Waals surface area contributed by atoms with Gasteiger partial charge in [0, 0.05) is 16.7 Å². The molecule has 1 saturated carbocycles. The minimum atomic E-state index is -0.0476. The largest absolute Gasteiger partial charge is 0.347 e. The summed E-state index contributed by atoms with van der Waals surface area (Å²) in [6.07, 6.45) is 5.07. The van der Waals surface area contributed by atoms with E-state index in [0.29, 0.717) is 5.56 Å². The number of hydrogen-bond donors (Lipinski definition) is 1. The van der Waals surface area contributed by atoms with Crippen molar-refractivity contribution in [1.29, 1.82) is 0 Å². The molecule has 1 N–H and O–H groups in total. The fourth-order valence-corrected chi connectivity index (χ4v) is 3.29. The van der Waals surface area contributed by atoms with E-state index in [1.807, 2.05) is 53.2 Å². The third-order valence-corrected chi connectivity index (χ3v) is 4.94. The molecule has 126 valence electrons. The lowest BCUT2D eigenvalue weighted by Gasteiger charge is -2.39. The van der Waals surface area contributed by atoms with Gasteiger partial charge in [0.05, 0.1) is 17.6 Å². The Morgan fingerprint density at radius 3 is 2.60 bits per heavy atom. The molecular formula is C21H21N3O. The molecule has 1 aliphatic carbocycles. The molecule has 25 heavy (non-hydrogen) atoms. The standard InChI is InChI=1S/C21H21N3O/c1-21(12-6-13-21)23-20(25)17-9-5-10-18(15-17)24-19(11-14-22-24)16-7-3-2-4-8-16/h2-5,7-11,14-15H,6,12-13H2,1H3,(H,23,25). The van der Waals surface area contributed by atoms with Gasteiger partial charge >= 0.3 is 0 Å². The summed E-state index contributed by atoms with van der Waals surface area (Å²) >= 11 is 0. The number of benzene rings is 2. The van der Waals surface area contributed by atoms with Crippen molar-refractivity contribution < 1.29 is 4.79 Å². The van der Waals surface area contributed by atoms with Crippen molar-refractivity contribution in [3.05, 3.63) is 72.4 Å². The predicted molar refractivity (Wildman–Crippen MR) is 98.7 cm³/mol. The zero-order valence-electron chi connectivity index (χ0n) is 14.3. The molecule has 3 aromatic rings. The highest BCUT2D eigenvalue weighted by atomic mass is 16.1. The van der Waals surface area contributed by atoms with E-state index >= 15 is 0 Å². The summed E-state index contributed by atoms with van der Waals surface area (Å²) in [6, 6.07) is 19.7. The molecule has 4 heteroatoms. The van der Waals surface area contributed by atoms with E-state index < -0.39 is 0 Å². The second-order valence-electron chi connectivity index (χ2n) is 6.91. The second kappa shape index (κ2) is 6.20. The van der Waals surface area contributed by atoms with Crippen molar-refractivity contribution in [2.24, 2.45) is 0 Å². The molecule has 1 amide bonds. The lowest BCUT2D eigenvalue weighted by Crippen LogP contribution is -2.50. The molecule has 1 heterocycles. The lowest BCUT2D eigenvalue weighted by atomic mass is 9.78. The highest BCUT2D eigenvalue weighted by Crippen LogP contribution is 2.31. The summed E-state index contributed by atoms with van der Waals surface area (Å²) in [6.45, 7) is 2.11. The molecule has 1 aromatic heterocycles. The number of carbonyl (C=O) groups is 1. The van der Waals surface area contributed by atoms with Crippen molar-refractivity contribution >= 4 is 5.91 Å². The van der Waals surface area contributed by atoms with Crippen LogP contribution in [0.15, 0.2) is 66.9 Å². The van der Waals surface area contributed by atoms with Crippen LogP contribution in [0.5, 0.6) is 0 Å². The Kier molecular flexibility index (Phi) is 3.88. The summed E-state index contributed by atoms with van der Waals surface area (Å²) in [4.78, 5) is 12.6. The van der Waals surface area contributed by atoms with Gasteiger partial charge in [0.15, 0.2) is 0 Å². The van der Waals surface area contributed by atoms with Crippen LogP contribution in [-0.2, 0) is 0 Å². The zero-order valence-corrected chi connectivity index (χ0v) is 14.3. The number of carbonyl (C=O) groups excluding carboxylic acids is 1. The molecule has 0 unspecified atom stereocenters. The molecule has 4 nitrogen and oxygen atoms in total. The van der Waals surface area contributed by atoms with Crippen molar-refractivity contribution in [2.75, 3.05) is 0 Å². The normalized spacial score (nSPS) is 15.4. The summed E-state index contributed by atoms with van der Waals surface area (Å²) in [5, 5.41) is 7.61. The molecule has 0 aliphatic heterocycles. The van der Waals surface area contributed by atoms with Crippen molar-refractivity contribution in [1.82, 2.24) is 15.1 Å². The second-order valence-corrected chi connectivity index (χ2v) is 6.91. The summed E-state index contributed by atoms with van der Waals surface area (Å²) < 4.78 is 1.87. The Morgan fingerprint density at radius 2 is 1.88 bits per heavy atom. The van der Waals surface area contributed by atoms with Crippen LogP contribution in [0, 0.1) is 0 Å². The molecule has 4 rings (SSSR count). The van der Waals surface area contributed by atoms with Crippen LogP contribution in [0.4, 0.5) is 0 Å². The van der Waals surface area contributed by atoms with Crippen LogP contribution in [-0.4, -0.2) is 21.2 Å². The van der Waals surface area contributed by atoms with Gasteiger partial charge in [-0.15, -0.1) is 0 Å². The highest BCUT2D eigenvalue weighted by molar-refractivity contribution is 5.95. The van der Waals surface area contributed by atoms with Gasteiger partial charge in [-0.1, -0.05) is 36.4 Å². The molecule has 0 spiro atoms. The molecule has 1 fully saturated rings. The molecular weight excluding hydrogens is 310 g/mol. The highest BCUT2D eigenvalue weighted by Gasteiger charge is 2.33. The van der Waals surface area contributed by atoms with E-state index in [0.717, 1.165) is 29.8 Å². The van der Waals surface area contributed by atoms with E-state index in [2.05, 4.69) is 29.5 Å². The van der Waals surface area contributed by atoms with Crippen LogP contribution in [0.1, 0.15) is 36.5 Å². The van der Waals surface area contributed by atoms with Crippen LogP contribution in [0.2, 0.25) is 0 Å². The average molecular weight is 331 g/mol. The maximum Gasteiger partial charge on any atom is 0.251 e. The lowest BCUT2D eigenvalue weighted by molar-refractivity contribution is 0.0850. The van der Waals surface area contributed by atoms with Crippen LogP contribution < -0.4 is 5.32 Å². The third kappa shape index (κ3) is 3.07. The van der Waals surface area contributed by atoms with Gasteiger partial charge in [0.25, 0.3) is 5.91 Å². The Hall–Kier alpha value is -2.88. The van der Waals surface area contributed by atoms with Gasteiger partial charge in [-0.2, -0.15) is 5.10 Å². The van der Waals surface area contributed by atoms with Crippen LogP contribution in [0.25, 0.3) is 16.9 Å². The van der Waals surface area contributed by atoms with Crippen LogP contribution in [0.3, 0.4) is 0 Å². The van der Waals surface area contributed by atoms with Gasteiger partial charge in [0.2, 0.25) is 0 Å². The molecule has 1 aliphatic rings. The topological polar surface area (TPSA) is 46.9 Å². The summed E-state index contributed by atoms with van der Waals surface area (Å²) in [7, 11) is 0. The van der Waals surface area contributed by atoms with E-state index in [9.17, 15) is 4.79 Å². The number of rotatable bonds is 4. The fourth-order valence-electron chi connectivity index (χ4n) is 3.29. The van der Waals surface area contributed by atoms with E-state index in [-0.39, 0.29) is 11.4 Å². The number of aromatic nitrogens is 2. The average Bonchev–Trinajstić information content (AvgIpc) is 3.11. The molecule has 0 saturated heterocycles. The smallest absolute Gasteiger partial charge is 0.251 e. The maximum atomic E-state index is 12.6. The Morgan fingerprint density at radius 1 is 1.08 bits per heavy atom. The first-order valence-corrected chi connectivity index (χ1v) is 8.67. The Bertz CT molecular complexity index is 894. The maximum absolute atomic E-state index is 12.6. The summed E-state index contributed by atoms with van der Waals surface area (Å²) in [5.41, 5.74) is 3.60. The van der Waals surface area contributed by atoms with Gasteiger partial charge in [0.1, 0.15) is 0 Å². The minimum Gasteiger partial charge on any atom is -0.347 e. The van der Waals surface area contributed by atoms with E-state index in [1.165, 1.54) is 6.42 Å². The number of hydrogen-bond acceptors (Lipinski definition) is 2. The fraction of sp³-hybridized carbons (Fsp3) is 0.238. The van der Waals surface area contributed by atoms with E-state index in [1.54, 1.807) is 6.20 Å². The monoisotopic (exact) mass is 331 g/mol. The first kappa shape index (κ1) is 15.6. The van der Waals surface area contributed by atoms with Gasteiger partial charge in [-0.05, 0) is 50.5 Å². The minimum absolute atomic E-state index is 0.0162. The molecule has 2 aromatic carbocycles. The Labute approximate surface area is 147 Å². The zero-order chi connectivity index (χ0) is 17.3.